The number of rotatable bonds is 4. The van der Waals surface area contributed by atoms with Gasteiger partial charge in [-0.1, -0.05) is 0 Å². The number of hydrogen-bond acceptors (Lipinski definition) is 3. The summed E-state index contributed by atoms with van der Waals surface area (Å²) in [6, 6.07) is 0. The van der Waals surface area contributed by atoms with E-state index in [9.17, 15) is 4.79 Å². The van der Waals surface area contributed by atoms with Crippen LogP contribution in [0.1, 0.15) is 0 Å². The van der Waals surface area contributed by atoms with Crippen LogP contribution < -0.4 is 0 Å². The first-order valence-electron chi connectivity index (χ1n) is 3.41. The lowest BCUT2D eigenvalue weighted by molar-refractivity contribution is -0.123. The van der Waals surface area contributed by atoms with Crippen LogP contribution in [0.15, 0.2) is 16.9 Å². The molecule has 0 amide bonds. The SMILES string of the molecule is COCC(=O)Cn1cc(Br)cn1. The molecule has 0 aromatic carbocycles. The normalized spacial score (nSPS) is 10.2. The van der Waals surface area contributed by atoms with Crippen molar-refractivity contribution in [2.75, 3.05) is 13.7 Å². The van der Waals surface area contributed by atoms with Crippen LogP contribution >= 0.6 is 15.9 Å². The van der Waals surface area contributed by atoms with E-state index in [4.69, 9.17) is 0 Å². The molecule has 0 radical (unpaired) electrons. The van der Waals surface area contributed by atoms with Gasteiger partial charge in [0.25, 0.3) is 0 Å². The number of nitrogens with zero attached hydrogens (tertiary/aromatic N) is 2. The van der Waals surface area contributed by atoms with Crippen molar-refractivity contribution in [2.24, 2.45) is 0 Å². The monoisotopic (exact) mass is 232 g/mol. The maximum absolute atomic E-state index is 11.0. The molecule has 4 nitrogen and oxygen atoms in total. The second-order valence-corrected chi connectivity index (χ2v) is 3.24. The lowest BCUT2D eigenvalue weighted by Crippen LogP contribution is -2.15. The number of hydrogen-bond donors (Lipinski definition) is 0. The number of halogens is 1. The number of ether oxygens (including phenoxy) is 1. The van der Waals surface area contributed by atoms with Crippen molar-refractivity contribution in [3.8, 4) is 0 Å². The van der Waals surface area contributed by atoms with Crippen LogP contribution in [0.5, 0.6) is 0 Å². The van der Waals surface area contributed by atoms with Crippen LogP contribution in [0.3, 0.4) is 0 Å². The van der Waals surface area contributed by atoms with Crippen molar-refractivity contribution in [3.63, 3.8) is 0 Å². The maximum atomic E-state index is 11.0. The second kappa shape index (κ2) is 4.37. The van der Waals surface area contributed by atoms with E-state index < -0.39 is 0 Å². The van der Waals surface area contributed by atoms with Crippen LogP contribution in [-0.2, 0) is 16.1 Å². The highest BCUT2D eigenvalue weighted by Crippen LogP contribution is 2.05. The first-order chi connectivity index (χ1) is 5.72. The minimum Gasteiger partial charge on any atom is -0.377 e. The quantitative estimate of drug-likeness (QED) is 0.774. The summed E-state index contributed by atoms with van der Waals surface area (Å²) in [4.78, 5) is 11.0. The number of carbonyl (C=O) groups excluding carboxylic acids is 1. The van der Waals surface area contributed by atoms with Gasteiger partial charge in [0.2, 0.25) is 0 Å². The van der Waals surface area contributed by atoms with E-state index in [-0.39, 0.29) is 18.9 Å². The molecule has 0 bridgehead atoms. The van der Waals surface area contributed by atoms with Crippen molar-refractivity contribution >= 4 is 21.7 Å². The maximum Gasteiger partial charge on any atom is 0.179 e. The Morgan fingerprint density at radius 3 is 3.08 bits per heavy atom. The third-order valence-electron chi connectivity index (χ3n) is 1.25. The van der Waals surface area contributed by atoms with E-state index in [1.807, 2.05) is 0 Å². The highest BCUT2D eigenvalue weighted by molar-refractivity contribution is 9.10. The molecule has 1 aromatic rings. The molecule has 1 heterocycles. The van der Waals surface area contributed by atoms with Crippen LogP contribution in [0.2, 0.25) is 0 Å². The van der Waals surface area contributed by atoms with Crippen LogP contribution in [-0.4, -0.2) is 29.3 Å². The molecule has 1 aromatic heterocycles. The van der Waals surface area contributed by atoms with Crippen LogP contribution in [0.4, 0.5) is 0 Å². The zero-order chi connectivity index (χ0) is 8.97. The topological polar surface area (TPSA) is 44.1 Å². The van der Waals surface area contributed by atoms with Crippen molar-refractivity contribution in [2.45, 2.75) is 6.54 Å². The molecule has 12 heavy (non-hydrogen) atoms. The van der Waals surface area contributed by atoms with E-state index in [1.54, 1.807) is 17.1 Å². The third-order valence-corrected chi connectivity index (χ3v) is 1.65. The number of Topliss-reactive ketones (excluding diaryl/α,β-unsaturated/α-hetero) is 1. The summed E-state index contributed by atoms with van der Waals surface area (Å²) in [6.45, 7) is 0.400. The van der Waals surface area contributed by atoms with Gasteiger partial charge >= 0.3 is 0 Å². The summed E-state index contributed by atoms with van der Waals surface area (Å²) in [6.07, 6.45) is 3.38. The molecular formula is C7H9BrN2O2. The molecule has 66 valence electrons. The Morgan fingerprint density at radius 1 is 1.83 bits per heavy atom. The summed E-state index contributed by atoms with van der Waals surface area (Å²) in [7, 11) is 1.50. The van der Waals surface area contributed by atoms with Crippen molar-refractivity contribution in [3.05, 3.63) is 16.9 Å². The standard InChI is InChI=1S/C7H9BrN2O2/c1-12-5-7(11)4-10-3-6(8)2-9-10/h2-3H,4-5H2,1H3. The molecule has 0 N–H and O–H groups in total. The lowest BCUT2D eigenvalue weighted by atomic mass is 10.4. The zero-order valence-corrected chi connectivity index (χ0v) is 8.24. The highest BCUT2D eigenvalue weighted by atomic mass is 79.9. The summed E-state index contributed by atoms with van der Waals surface area (Å²) in [5.74, 6) is 0.00750. The van der Waals surface area contributed by atoms with E-state index in [1.165, 1.54) is 7.11 Å². The summed E-state index contributed by atoms with van der Waals surface area (Å²) < 4.78 is 7.11. The Bertz CT molecular complexity index is 272. The fourth-order valence-corrected chi connectivity index (χ4v) is 1.14. The molecule has 0 fully saturated rings. The predicted octanol–water partition coefficient (Wildman–Crippen LogP) is 0.861. The fraction of sp³-hybridized carbons (Fsp3) is 0.429. The fourth-order valence-electron chi connectivity index (χ4n) is 0.812. The Labute approximate surface area is 78.6 Å². The largest absolute Gasteiger partial charge is 0.377 e. The number of aromatic nitrogens is 2. The molecule has 5 heteroatoms. The summed E-state index contributed by atoms with van der Waals surface area (Å²) >= 11 is 3.24. The lowest BCUT2D eigenvalue weighted by Gasteiger charge is -1.98. The van der Waals surface area contributed by atoms with Gasteiger partial charge in [0.1, 0.15) is 13.2 Å². The molecule has 0 atom stereocenters. The van der Waals surface area contributed by atoms with Gasteiger partial charge in [0.05, 0.1) is 10.7 Å². The Kier molecular flexibility index (Phi) is 3.43. The molecule has 0 unspecified atom stereocenters. The van der Waals surface area contributed by atoms with Gasteiger partial charge in [-0.2, -0.15) is 5.10 Å². The second-order valence-electron chi connectivity index (χ2n) is 2.33. The van der Waals surface area contributed by atoms with Crippen molar-refractivity contribution in [1.82, 2.24) is 9.78 Å². The van der Waals surface area contributed by atoms with Gasteiger partial charge in [-0.3, -0.25) is 9.48 Å². The third kappa shape index (κ3) is 2.75. The van der Waals surface area contributed by atoms with Crippen molar-refractivity contribution < 1.29 is 9.53 Å². The van der Waals surface area contributed by atoms with E-state index in [2.05, 4.69) is 25.8 Å². The van der Waals surface area contributed by atoms with Gasteiger partial charge in [0.15, 0.2) is 5.78 Å². The Balaban J connectivity index is 2.46. The average molecular weight is 233 g/mol. The van der Waals surface area contributed by atoms with Gasteiger partial charge in [0, 0.05) is 13.3 Å². The molecule has 0 aliphatic heterocycles. The van der Waals surface area contributed by atoms with Gasteiger partial charge < -0.3 is 4.74 Å². The van der Waals surface area contributed by atoms with E-state index in [0.29, 0.717) is 0 Å². The van der Waals surface area contributed by atoms with E-state index in [0.717, 1.165) is 4.47 Å². The molecule has 0 saturated heterocycles. The van der Waals surface area contributed by atoms with E-state index >= 15 is 0 Å². The number of ketones is 1. The Morgan fingerprint density at radius 2 is 2.58 bits per heavy atom. The van der Waals surface area contributed by atoms with Crippen molar-refractivity contribution in [1.29, 1.82) is 0 Å². The first-order valence-corrected chi connectivity index (χ1v) is 4.20. The van der Waals surface area contributed by atoms with Gasteiger partial charge in [-0.15, -0.1) is 0 Å². The number of carbonyl (C=O) groups is 1. The molecule has 0 saturated carbocycles. The molecule has 0 aliphatic rings. The minimum atomic E-state index is 0.00750. The molecular weight excluding hydrogens is 224 g/mol. The molecule has 0 spiro atoms. The zero-order valence-electron chi connectivity index (χ0n) is 6.66. The average Bonchev–Trinajstić information content (AvgIpc) is 2.36. The first kappa shape index (κ1) is 9.41. The number of methoxy groups -OCH3 is 1. The Hall–Kier alpha value is -0.680. The van der Waals surface area contributed by atoms with Crippen LogP contribution in [0, 0.1) is 0 Å². The highest BCUT2D eigenvalue weighted by Gasteiger charge is 2.02. The molecule has 1 rings (SSSR count). The van der Waals surface area contributed by atoms with Gasteiger partial charge in [-0.25, -0.2) is 0 Å². The molecule has 0 aliphatic carbocycles. The smallest absolute Gasteiger partial charge is 0.179 e. The van der Waals surface area contributed by atoms with Crippen LogP contribution in [0.25, 0.3) is 0 Å². The summed E-state index contributed by atoms with van der Waals surface area (Å²) in [5.41, 5.74) is 0. The predicted molar refractivity (Wildman–Crippen MR) is 46.8 cm³/mol. The minimum absolute atomic E-state index is 0.00750. The summed E-state index contributed by atoms with van der Waals surface area (Å²) in [5, 5.41) is 3.93. The van der Waals surface area contributed by atoms with Gasteiger partial charge in [-0.05, 0) is 15.9 Å².